The second-order valence-corrected chi connectivity index (χ2v) is 7.38. The number of benzene rings is 1. The number of rotatable bonds is 7. The highest BCUT2D eigenvalue weighted by molar-refractivity contribution is 7.15. The summed E-state index contributed by atoms with van der Waals surface area (Å²) >= 11 is 1.24. The zero-order valence-electron chi connectivity index (χ0n) is 16.9. The molecule has 30 heavy (non-hydrogen) atoms. The molecule has 1 N–H and O–H groups in total. The van der Waals surface area contributed by atoms with Crippen LogP contribution in [0.2, 0.25) is 0 Å². The number of esters is 1. The van der Waals surface area contributed by atoms with Gasteiger partial charge in [0, 0.05) is 17.1 Å². The van der Waals surface area contributed by atoms with E-state index in [-0.39, 0.29) is 18.9 Å². The fraction of sp³-hybridized carbons (Fsp3) is 0.227. The summed E-state index contributed by atoms with van der Waals surface area (Å²) in [6, 6.07) is 10.9. The van der Waals surface area contributed by atoms with Crippen molar-refractivity contribution < 1.29 is 19.1 Å². The second kappa shape index (κ2) is 9.41. The van der Waals surface area contributed by atoms with Gasteiger partial charge < -0.3 is 19.4 Å². The van der Waals surface area contributed by atoms with Crippen LogP contribution in [0.4, 0.5) is 5.00 Å². The molecule has 0 aliphatic carbocycles. The molecule has 7 nitrogen and oxygen atoms in total. The van der Waals surface area contributed by atoms with Crippen LogP contribution < -0.4 is 15.6 Å². The van der Waals surface area contributed by atoms with Crippen molar-refractivity contribution in [3.8, 4) is 16.9 Å². The van der Waals surface area contributed by atoms with Crippen LogP contribution in [0.1, 0.15) is 22.8 Å². The van der Waals surface area contributed by atoms with E-state index in [0.29, 0.717) is 16.1 Å². The molecule has 3 aromatic rings. The molecule has 2 heterocycles. The lowest BCUT2D eigenvalue weighted by atomic mass is 10.0. The van der Waals surface area contributed by atoms with Crippen molar-refractivity contribution in [2.75, 3.05) is 19.0 Å². The number of carbonyl (C=O) groups excluding carboxylic acids is 2. The summed E-state index contributed by atoms with van der Waals surface area (Å²) < 4.78 is 11.4. The van der Waals surface area contributed by atoms with E-state index in [9.17, 15) is 14.4 Å². The normalized spacial score (nSPS) is 10.5. The maximum absolute atomic E-state index is 12.6. The van der Waals surface area contributed by atoms with Crippen molar-refractivity contribution in [2.45, 2.75) is 20.4 Å². The highest BCUT2D eigenvalue weighted by Crippen LogP contribution is 2.36. The summed E-state index contributed by atoms with van der Waals surface area (Å²) in [7, 11) is 1.39. The Morgan fingerprint density at radius 2 is 1.90 bits per heavy atom. The van der Waals surface area contributed by atoms with Gasteiger partial charge in [-0.2, -0.15) is 0 Å². The van der Waals surface area contributed by atoms with Gasteiger partial charge in [0.05, 0.1) is 13.7 Å². The monoisotopic (exact) mass is 426 g/mol. The third-order valence-corrected chi connectivity index (χ3v) is 5.30. The Labute approximate surface area is 177 Å². The number of thiophene rings is 1. The number of ether oxygens (including phenoxy) is 2. The van der Waals surface area contributed by atoms with Gasteiger partial charge in [-0.1, -0.05) is 29.8 Å². The first kappa shape index (κ1) is 21.3. The van der Waals surface area contributed by atoms with Gasteiger partial charge in [0.1, 0.15) is 17.1 Å². The van der Waals surface area contributed by atoms with Crippen LogP contribution in [-0.4, -0.2) is 30.2 Å². The molecule has 1 aromatic carbocycles. The fourth-order valence-electron chi connectivity index (χ4n) is 2.92. The number of pyridine rings is 1. The molecule has 0 aliphatic rings. The minimum Gasteiger partial charge on any atom is -0.491 e. The van der Waals surface area contributed by atoms with E-state index < -0.39 is 17.4 Å². The van der Waals surface area contributed by atoms with E-state index in [4.69, 9.17) is 9.47 Å². The minimum absolute atomic E-state index is 0.148. The number of aromatic nitrogens is 1. The molecule has 0 saturated heterocycles. The van der Waals surface area contributed by atoms with Gasteiger partial charge in [-0.3, -0.25) is 9.59 Å². The van der Waals surface area contributed by atoms with Gasteiger partial charge in [-0.25, -0.2) is 4.79 Å². The number of anilines is 1. The Balaban J connectivity index is 1.90. The average molecular weight is 426 g/mol. The van der Waals surface area contributed by atoms with E-state index in [0.717, 1.165) is 11.1 Å². The number of methoxy groups -OCH3 is 1. The van der Waals surface area contributed by atoms with Crippen molar-refractivity contribution in [3.05, 3.63) is 69.5 Å². The van der Waals surface area contributed by atoms with Crippen LogP contribution in [0.5, 0.6) is 5.75 Å². The topological polar surface area (TPSA) is 86.6 Å². The Hall–Kier alpha value is -3.39. The summed E-state index contributed by atoms with van der Waals surface area (Å²) in [6.45, 7) is 3.71. The summed E-state index contributed by atoms with van der Waals surface area (Å²) in [5, 5.41) is 4.93. The van der Waals surface area contributed by atoms with Crippen molar-refractivity contribution in [3.63, 3.8) is 0 Å². The highest BCUT2D eigenvalue weighted by atomic mass is 32.1. The molecule has 8 heteroatoms. The molecule has 3 rings (SSSR count). The summed E-state index contributed by atoms with van der Waals surface area (Å²) in [5.41, 5.74) is 2.53. The zero-order chi connectivity index (χ0) is 21.7. The average Bonchev–Trinajstić information content (AvgIpc) is 3.13. The van der Waals surface area contributed by atoms with E-state index >= 15 is 0 Å². The first-order chi connectivity index (χ1) is 14.4. The van der Waals surface area contributed by atoms with E-state index in [1.807, 2.05) is 36.6 Å². The molecule has 0 spiro atoms. The van der Waals surface area contributed by atoms with Gasteiger partial charge in [-0.05, 0) is 31.5 Å². The molecule has 0 bridgehead atoms. The lowest BCUT2D eigenvalue weighted by molar-refractivity contribution is -0.116. The number of aryl methyl sites for hydroxylation is 1. The van der Waals surface area contributed by atoms with Crippen LogP contribution in [0.15, 0.2) is 52.8 Å². The molecule has 2 aromatic heterocycles. The van der Waals surface area contributed by atoms with Crippen molar-refractivity contribution in [1.82, 2.24) is 4.57 Å². The van der Waals surface area contributed by atoms with Gasteiger partial charge >= 0.3 is 5.97 Å². The number of amides is 1. The van der Waals surface area contributed by atoms with Crippen molar-refractivity contribution in [2.24, 2.45) is 0 Å². The molecule has 0 unspecified atom stereocenters. The highest BCUT2D eigenvalue weighted by Gasteiger charge is 2.23. The summed E-state index contributed by atoms with van der Waals surface area (Å²) in [5.74, 6) is -0.799. The largest absolute Gasteiger partial charge is 0.491 e. The van der Waals surface area contributed by atoms with Crippen molar-refractivity contribution >= 4 is 28.2 Å². The zero-order valence-corrected chi connectivity index (χ0v) is 17.7. The van der Waals surface area contributed by atoms with Gasteiger partial charge in [0.25, 0.3) is 5.56 Å². The molecule has 156 valence electrons. The van der Waals surface area contributed by atoms with Crippen LogP contribution in [0.3, 0.4) is 0 Å². The van der Waals surface area contributed by atoms with E-state index in [1.165, 1.54) is 35.3 Å². The predicted molar refractivity (Wildman–Crippen MR) is 116 cm³/mol. The Kier molecular flexibility index (Phi) is 6.68. The maximum Gasteiger partial charge on any atom is 0.341 e. The molecule has 1 amide bonds. The number of carbonyl (C=O) groups is 2. The Morgan fingerprint density at radius 3 is 2.57 bits per heavy atom. The Morgan fingerprint density at radius 1 is 1.17 bits per heavy atom. The van der Waals surface area contributed by atoms with Gasteiger partial charge in [0.15, 0.2) is 5.75 Å². The number of hydrogen-bond acceptors (Lipinski definition) is 6. The summed E-state index contributed by atoms with van der Waals surface area (Å²) in [4.78, 5) is 37.5. The minimum atomic E-state index is -0.511. The fourth-order valence-corrected chi connectivity index (χ4v) is 3.89. The van der Waals surface area contributed by atoms with E-state index in [1.54, 1.807) is 13.0 Å². The van der Waals surface area contributed by atoms with Crippen LogP contribution in [0, 0.1) is 6.92 Å². The van der Waals surface area contributed by atoms with E-state index in [2.05, 4.69) is 5.32 Å². The Bertz CT molecular complexity index is 1120. The number of nitrogens with zero attached hydrogens (tertiary/aromatic N) is 1. The third-order valence-electron chi connectivity index (χ3n) is 4.41. The lowest BCUT2D eigenvalue weighted by Crippen LogP contribution is -2.27. The standard InChI is InChI=1S/C22H22N2O5S/c1-4-29-22(27)19-16(15-9-7-14(2)8-10-15)13-30-20(19)23-18(25)12-24-11-5-6-17(28-3)21(24)26/h5-11,13H,4,12H2,1-3H3,(H,23,25). The second-order valence-electron chi connectivity index (χ2n) is 6.50. The predicted octanol–water partition coefficient (Wildman–Crippen LogP) is 3.71. The number of nitrogens with one attached hydrogen (secondary N) is 1. The molecule has 0 aliphatic heterocycles. The van der Waals surface area contributed by atoms with Crippen molar-refractivity contribution in [1.29, 1.82) is 0 Å². The first-order valence-corrected chi connectivity index (χ1v) is 10.2. The lowest BCUT2D eigenvalue weighted by Gasteiger charge is -2.10. The summed E-state index contributed by atoms with van der Waals surface area (Å²) in [6.07, 6.45) is 1.50. The van der Waals surface area contributed by atoms with Crippen LogP contribution >= 0.6 is 11.3 Å². The molecular weight excluding hydrogens is 404 g/mol. The van der Waals surface area contributed by atoms with Gasteiger partial charge in [-0.15, -0.1) is 11.3 Å². The quantitative estimate of drug-likeness (QED) is 0.582. The van der Waals surface area contributed by atoms with Gasteiger partial charge in [0.2, 0.25) is 5.91 Å². The van der Waals surface area contributed by atoms with Crippen LogP contribution in [0.25, 0.3) is 11.1 Å². The number of hydrogen-bond donors (Lipinski definition) is 1. The smallest absolute Gasteiger partial charge is 0.341 e. The molecule has 0 atom stereocenters. The maximum atomic E-state index is 12.6. The van der Waals surface area contributed by atoms with Crippen LogP contribution in [-0.2, 0) is 16.1 Å². The molecular formula is C22H22N2O5S. The molecule has 0 saturated carbocycles. The molecule has 0 radical (unpaired) electrons. The molecule has 0 fully saturated rings. The third kappa shape index (κ3) is 4.60. The SMILES string of the molecule is CCOC(=O)c1c(-c2ccc(C)cc2)csc1NC(=O)Cn1cccc(OC)c1=O. The first-order valence-electron chi connectivity index (χ1n) is 9.33.